The van der Waals surface area contributed by atoms with Gasteiger partial charge in [-0.2, -0.15) is 0 Å². The van der Waals surface area contributed by atoms with Crippen LogP contribution in [0.3, 0.4) is 0 Å². The van der Waals surface area contributed by atoms with E-state index < -0.39 is 10.9 Å². The number of carbonyl (C=O) groups is 1. The molecule has 0 amide bonds. The Morgan fingerprint density at radius 2 is 2.10 bits per heavy atom. The molecule has 0 radical (unpaired) electrons. The number of nitrogens with zero attached hydrogens (tertiary/aromatic N) is 2. The molecule has 0 aliphatic carbocycles. The Kier molecular flexibility index (Phi) is 3.60. The molecule has 0 saturated carbocycles. The van der Waals surface area contributed by atoms with Crippen LogP contribution < -0.4 is 4.74 Å². The molecule has 0 spiro atoms. The molecule has 20 heavy (non-hydrogen) atoms. The third-order valence-electron chi connectivity index (χ3n) is 2.52. The molecule has 0 fully saturated rings. The maximum atomic E-state index is 11.1. The largest absolute Gasteiger partial charge is 0.478 e. The highest BCUT2D eigenvalue weighted by Crippen LogP contribution is 2.28. The summed E-state index contributed by atoms with van der Waals surface area (Å²) in [4.78, 5) is 25.1. The van der Waals surface area contributed by atoms with Gasteiger partial charge in [0.15, 0.2) is 0 Å². The lowest BCUT2D eigenvalue weighted by molar-refractivity contribution is -0.384. The standard InChI is InChI=1S/C13H10N2O5/c1-8-2-4-10(7-14-8)20-12-5-3-9(15(18)19)6-11(12)13(16)17/h2-7H,1H3,(H,16,17). The van der Waals surface area contributed by atoms with Crippen LogP contribution in [-0.4, -0.2) is 21.0 Å². The van der Waals surface area contributed by atoms with Gasteiger partial charge in [0, 0.05) is 17.8 Å². The summed E-state index contributed by atoms with van der Waals surface area (Å²) in [5, 5.41) is 19.7. The number of benzene rings is 1. The number of nitro groups is 1. The third kappa shape index (κ3) is 2.89. The van der Waals surface area contributed by atoms with Gasteiger partial charge in [0.1, 0.15) is 17.1 Å². The maximum absolute atomic E-state index is 11.1. The van der Waals surface area contributed by atoms with E-state index in [9.17, 15) is 14.9 Å². The Hall–Kier alpha value is -2.96. The molecular formula is C13H10N2O5. The summed E-state index contributed by atoms with van der Waals surface area (Å²) in [7, 11) is 0. The van der Waals surface area contributed by atoms with Crippen molar-refractivity contribution in [3.8, 4) is 11.5 Å². The molecule has 0 aliphatic rings. The van der Waals surface area contributed by atoms with Crippen molar-refractivity contribution in [1.29, 1.82) is 0 Å². The second kappa shape index (κ2) is 5.35. The lowest BCUT2D eigenvalue weighted by Gasteiger charge is -2.08. The summed E-state index contributed by atoms with van der Waals surface area (Å²) >= 11 is 0. The van der Waals surface area contributed by atoms with E-state index in [1.54, 1.807) is 19.1 Å². The van der Waals surface area contributed by atoms with Crippen LogP contribution in [0.1, 0.15) is 16.1 Å². The number of aromatic carboxylic acids is 1. The van der Waals surface area contributed by atoms with Crippen LogP contribution in [0.5, 0.6) is 11.5 Å². The maximum Gasteiger partial charge on any atom is 0.339 e. The number of hydrogen-bond acceptors (Lipinski definition) is 5. The summed E-state index contributed by atoms with van der Waals surface area (Å²) in [5.41, 5.74) is 0.205. The first-order chi connectivity index (χ1) is 9.47. The minimum absolute atomic E-state index is 0.0220. The molecule has 2 rings (SSSR count). The van der Waals surface area contributed by atoms with Crippen molar-refractivity contribution in [1.82, 2.24) is 4.98 Å². The average Bonchev–Trinajstić information content (AvgIpc) is 2.41. The average molecular weight is 274 g/mol. The van der Waals surface area contributed by atoms with Gasteiger partial charge in [0.2, 0.25) is 0 Å². The van der Waals surface area contributed by atoms with Gasteiger partial charge in [0.05, 0.1) is 11.1 Å². The molecule has 7 heteroatoms. The van der Waals surface area contributed by atoms with Gasteiger partial charge in [-0.1, -0.05) is 0 Å². The molecule has 0 atom stereocenters. The number of pyridine rings is 1. The molecule has 0 unspecified atom stereocenters. The number of rotatable bonds is 4. The molecule has 0 saturated heterocycles. The van der Waals surface area contributed by atoms with Gasteiger partial charge in [-0.25, -0.2) is 4.79 Å². The van der Waals surface area contributed by atoms with Crippen LogP contribution in [-0.2, 0) is 0 Å². The summed E-state index contributed by atoms with van der Waals surface area (Å²) in [5.74, 6) is -0.926. The Balaban J connectivity index is 2.38. The topological polar surface area (TPSA) is 103 Å². The van der Waals surface area contributed by atoms with Gasteiger partial charge in [-0.3, -0.25) is 15.1 Å². The van der Waals surface area contributed by atoms with Crippen LogP contribution in [0, 0.1) is 17.0 Å². The van der Waals surface area contributed by atoms with Gasteiger partial charge in [0.25, 0.3) is 5.69 Å². The van der Waals surface area contributed by atoms with Crippen LogP contribution >= 0.6 is 0 Å². The third-order valence-corrected chi connectivity index (χ3v) is 2.52. The monoisotopic (exact) mass is 274 g/mol. The van der Waals surface area contributed by atoms with Gasteiger partial charge in [-0.15, -0.1) is 0 Å². The van der Waals surface area contributed by atoms with Crippen molar-refractivity contribution in [2.45, 2.75) is 6.92 Å². The summed E-state index contributed by atoms with van der Waals surface area (Å²) in [6.07, 6.45) is 1.45. The lowest BCUT2D eigenvalue weighted by atomic mass is 10.2. The molecule has 102 valence electrons. The van der Waals surface area contributed by atoms with E-state index in [1.807, 2.05) is 0 Å². The smallest absolute Gasteiger partial charge is 0.339 e. The SMILES string of the molecule is Cc1ccc(Oc2ccc([N+](=O)[O-])cc2C(=O)O)cn1. The Bertz CT molecular complexity index is 667. The highest BCUT2D eigenvalue weighted by Gasteiger charge is 2.17. The fraction of sp³-hybridized carbons (Fsp3) is 0.0769. The lowest BCUT2D eigenvalue weighted by Crippen LogP contribution is -2.01. The Morgan fingerprint density at radius 1 is 1.35 bits per heavy atom. The van der Waals surface area contributed by atoms with Crippen LogP contribution in [0.25, 0.3) is 0 Å². The molecule has 1 aromatic carbocycles. The fourth-order valence-electron chi connectivity index (χ4n) is 1.53. The number of carboxylic acids is 1. The Morgan fingerprint density at radius 3 is 2.65 bits per heavy atom. The quantitative estimate of drug-likeness (QED) is 0.679. The summed E-state index contributed by atoms with van der Waals surface area (Å²) in [6.45, 7) is 1.80. The van der Waals surface area contributed by atoms with Crippen molar-refractivity contribution < 1.29 is 19.6 Å². The first-order valence-corrected chi connectivity index (χ1v) is 5.59. The summed E-state index contributed by atoms with van der Waals surface area (Å²) < 4.78 is 5.39. The zero-order chi connectivity index (χ0) is 14.7. The number of aryl methyl sites for hydroxylation is 1. The highest BCUT2D eigenvalue weighted by atomic mass is 16.6. The van der Waals surface area contributed by atoms with E-state index in [0.29, 0.717) is 5.75 Å². The van der Waals surface area contributed by atoms with E-state index in [1.165, 1.54) is 18.3 Å². The van der Waals surface area contributed by atoms with E-state index in [0.717, 1.165) is 11.8 Å². The molecule has 2 aromatic rings. The molecule has 1 aromatic heterocycles. The van der Waals surface area contributed by atoms with E-state index in [4.69, 9.17) is 9.84 Å². The minimum atomic E-state index is -1.30. The number of carboxylic acid groups (broad SMARTS) is 1. The number of ether oxygens (including phenoxy) is 1. The first kappa shape index (κ1) is 13.5. The zero-order valence-electron chi connectivity index (χ0n) is 10.4. The molecule has 0 bridgehead atoms. The Labute approximate surface area is 113 Å². The first-order valence-electron chi connectivity index (χ1n) is 5.59. The zero-order valence-corrected chi connectivity index (χ0v) is 10.4. The van der Waals surface area contributed by atoms with E-state index in [-0.39, 0.29) is 17.0 Å². The van der Waals surface area contributed by atoms with Crippen LogP contribution in [0.4, 0.5) is 5.69 Å². The van der Waals surface area contributed by atoms with Crippen molar-refractivity contribution >= 4 is 11.7 Å². The normalized spacial score (nSPS) is 10.1. The van der Waals surface area contributed by atoms with Crippen LogP contribution in [0.15, 0.2) is 36.5 Å². The van der Waals surface area contributed by atoms with Crippen LogP contribution in [0.2, 0.25) is 0 Å². The molecule has 0 aliphatic heterocycles. The fourth-order valence-corrected chi connectivity index (χ4v) is 1.53. The van der Waals surface area contributed by atoms with Crippen molar-refractivity contribution in [3.05, 3.63) is 57.9 Å². The molecule has 1 heterocycles. The predicted molar refractivity (Wildman–Crippen MR) is 69.1 cm³/mol. The number of non-ortho nitro benzene ring substituents is 1. The van der Waals surface area contributed by atoms with Crippen molar-refractivity contribution in [2.24, 2.45) is 0 Å². The van der Waals surface area contributed by atoms with Gasteiger partial charge >= 0.3 is 5.97 Å². The predicted octanol–water partition coefficient (Wildman–Crippen LogP) is 2.79. The van der Waals surface area contributed by atoms with E-state index >= 15 is 0 Å². The van der Waals surface area contributed by atoms with Gasteiger partial charge < -0.3 is 9.84 Å². The summed E-state index contributed by atoms with van der Waals surface area (Å²) in [6, 6.07) is 6.74. The number of hydrogen-bond donors (Lipinski definition) is 1. The number of aromatic nitrogens is 1. The highest BCUT2D eigenvalue weighted by molar-refractivity contribution is 5.91. The molecule has 7 nitrogen and oxygen atoms in total. The molecule has 1 N–H and O–H groups in total. The number of nitro benzene ring substituents is 1. The second-order valence-corrected chi connectivity index (χ2v) is 3.98. The van der Waals surface area contributed by atoms with Gasteiger partial charge in [-0.05, 0) is 25.1 Å². The van der Waals surface area contributed by atoms with Crippen molar-refractivity contribution in [2.75, 3.05) is 0 Å². The second-order valence-electron chi connectivity index (χ2n) is 3.98. The van der Waals surface area contributed by atoms with E-state index in [2.05, 4.69) is 4.98 Å². The van der Waals surface area contributed by atoms with Crippen molar-refractivity contribution in [3.63, 3.8) is 0 Å². The molecular weight excluding hydrogens is 264 g/mol. The minimum Gasteiger partial charge on any atom is -0.478 e.